The van der Waals surface area contributed by atoms with Crippen molar-refractivity contribution < 1.29 is 9.84 Å². The lowest BCUT2D eigenvalue weighted by Crippen LogP contribution is -2.35. The molecule has 36 heavy (non-hydrogen) atoms. The summed E-state index contributed by atoms with van der Waals surface area (Å²) in [5, 5.41) is 13.8. The maximum Gasteiger partial charge on any atom is 0.293 e. The van der Waals surface area contributed by atoms with Crippen LogP contribution in [-0.2, 0) is 17.7 Å². The van der Waals surface area contributed by atoms with Gasteiger partial charge in [0.25, 0.3) is 5.56 Å². The summed E-state index contributed by atoms with van der Waals surface area (Å²) in [6.45, 7) is 5.20. The van der Waals surface area contributed by atoms with Gasteiger partial charge in [0.05, 0.1) is 25.2 Å². The van der Waals surface area contributed by atoms with E-state index in [1.807, 2.05) is 12.1 Å². The first-order valence-corrected chi connectivity index (χ1v) is 12.6. The van der Waals surface area contributed by atoms with Crippen molar-refractivity contribution in [3.05, 3.63) is 93.2 Å². The number of rotatable bonds is 8. The number of ether oxygens (including phenoxy) is 1. The lowest BCUT2D eigenvalue weighted by atomic mass is 9.94. The largest absolute Gasteiger partial charge is 0.502 e. The molecule has 2 aromatic carbocycles. The fourth-order valence-electron chi connectivity index (χ4n) is 4.43. The molecule has 0 bridgehead atoms. The highest BCUT2D eigenvalue weighted by atomic mass is 16.5. The molecule has 1 atom stereocenters. The Labute approximate surface area is 211 Å². The van der Waals surface area contributed by atoms with Crippen molar-refractivity contribution in [2.75, 3.05) is 32.8 Å². The van der Waals surface area contributed by atoms with Crippen LogP contribution in [0.5, 0.6) is 5.75 Å². The number of nitrogens with zero attached hydrogens (tertiary/aromatic N) is 2. The summed E-state index contributed by atoms with van der Waals surface area (Å²) in [7, 11) is 0. The number of H-pyrrole nitrogens is 1. The van der Waals surface area contributed by atoms with Crippen LogP contribution in [0.3, 0.4) is 0 Å². The quantitative estimate of drug-likeness (QED) is 0.426. The van der Waals surface area contributed by atoms with E-state index in [0.717, 1.165) is 49.5 Å². The van der Waals surface area contributed by atoms with E-state index in [2.05, 4.69) is 68.4 Å². The number of morpholine rings is 1. The van der Waals surface area contributed by atoms with Crippen molar-refractivity contribution in [2.24, 2.45) is 0 Å². The predicted molar refractivity (Wildman–Crippen MR) is 139 cm³/mol. The first-order valence-electron chi connectivity index (χ1n) is 12.6. The Bertz CT molecular complexity index is 1260. The molecule has 1 saturated heterocycles. The molecule has 0 amide bonds. The van der Waals surface area contributed by atoms with Crippen molar-refractivity contribution in [3.8, 4) is 17.6 Å². The van der Waals surface area contributed by atoms with E-state index in [-0.39, 0.29) is 11.7 Å². The minimum Gasteiger partial charge on any atom is -0.502 e. The Balaban J connectivity index is 1.22. The van der Waals surface area contributed by atoms with Gasteiger partial charge in [-0.2, -0.15) is 0 Å². The number of hydrogen-bond acceptors (Lipinski definition) is 6. The van der Waals surface area contributed by atoms with E-state index in [4.69, 9.17) is 4.74 Å². The molecular formula is C29H32N4O3. The second-order valence-corrected chi connectivity index (χ2v) is 9.58. The van der Waals surface area contributed by atoms with Crippen LogP contribution in [0.1, 0.15) is 46.7 Å². The van der Waals surface area contributed by atoms with Crippen LogP contribution in [0.15, 0.2) is 59.7 Å². The molecule has 1 aliphatic carbocycles. The summed E-state index contributed by atoms with van der Waals surface area (Å²) >= 11 is 0. The smallest absolute Gasteiger partial charge is 0.293 e. The minimum atomic E-state index is -0.504. The van der Waals surface area contributed by atoms with Gasteiger partial charge in [-0.25, -0.2) is 4.98 Å². The molecule has 186 valence electrons. The number of aromatic nitrogens is 2. The summed E-state index contributed by atoms with van der Waals surface area (Å²) in [6, 6.07) is 17.1. The van der Waals surface area contributed by atoms with Crippen LogP contribution in [0.4, 0.5) is 0 Å². The van der Waals surface area contributed by atoms with E-state index in [9.17, 15) is 9.90 Å². The molecule has 3 N–H and O–H groups in total. The summed E-state index contributed by atoms with van der Waals surface area (Å²) < 4.78 is 5.42. The minimum absolute atomic E-state index is 0.0965. The highest BCUT2D eigenvalue weighted by Gasteiger charge is 2.25. The number of aromatic hydroxyl groups is 1. The van der Waals surface area contributed by atoms with E-state index in [1.165, 1.54) is 24.7 Å². The monoisotopic (exact) mass is 484 g/mol. The Kier molecular flexibility index (Phi) is 7.77. The maximum atomic E-state index is 11.9. The molecule has 5 rings (SSSR count). The maximum absolute atomic E-state index is 11.9. The Morgan fingerprint density at radius 3 is 2.31 bits per heavy atom. The first kappa shape index (κ1) is 24.3. The van der Waals surface area contributed by atoms with Gasteiger partial charge in [0, 0.05) is 49.3 Å². The number of nitrogens with one attached hydrogen (secondary N) is 2. The third kappa shape index (κ3) is 6.61. The van der Waals surface area contributed by atoms with Gasteiger partial charge in [-0.15, -0.1) is 0 Å². The molecular weight excluding hydrogens is 452 g/mol. The topological polar surface area (TPSA) is 90.5 Å². The van der Waals surface area contributed by atoms with E-state index >= 15 is 0 Å². The molecule has 2 heterocycles. The summed E-state index contributed by atoms with van der Waals surface area (Å²) in [4.78, 5) is 21.0. The normalized spacial score (nSPS) is 16.8. The second-order valence-electron chi connectivity index (χ2n) is 9.58. The molecule has 1 aromatic heterocycles. The van der Waals surface area contributed by atoms with Crippen LogP contribution < -0.4 is 10.9 Å². The summed E-state index contributed by atoms with van der Waals surface area (Å²) in [5.41, 5.74) is 4.27. The van der Waals surface area contributed by atoms with Gasteiger partial charge in [-0.05, 0) is 54.7 Å². The average Bonchev–Trinajstić information content (AvgIpc) is 3.74. The van der Waals surface area contributed by atoms with Crippen LogP contribution >= 0.6 is 0 Å². The van der Waals surface area contributed by atoms with Gasteiger partial charge < -0.3 is 20.1 Å². The molecule has 7 heteroatoms. The molecule has 1 unspecified atom stereocenters. The molecule has 1 aliphatic heterocycles. The lowest BCUT2D eigenvalue weighted by molar-refractivity contribution is 0.0342. The van der Waals surface area contributed by atoms with Crippen LogP contribution in [-0.4, -0.2) is 58.9 Å². The van der Waals surface area contributed by atoms with E-state index < -0.39 is 5.56 Å². The van der Waals surface area contributed by atoms with Crippen LogP contribution in [0.25, 0.3) is 0 Å². The molecule has 2 aliphatic rings. The summed E-state index contributed by atoms with van der Waals surface area (Å²) in [6.07, 6.45) is 4.37. The van der Waals surface area contributed by atoms with Crippen LogP contribution in [0.2, 0.25) is 0 Å². The molecule has 7 nitrogen and oxygen atoms in total. The number of aromatic amines is 1. The van der Waals surface area contributed by atoms with Gasteiger partial charge >= 0.3 is 0 Å². The Morgan fingerprint density at radius 1 is 1.03 bits per heavy atom. The SMILES string of the molecule is O=c1[nH]cnc(C(CNC2CC2)Cc2ccc(C#Cc3ccc(CN4CCOCC4)cc3)cc2)c1O. The molecule has 1 saturated carbocycles. The Hall–Kier alpha value is -3.44. The highest BCUT2D eigenvalue weighted by Crippen LogP contribution is 2.26. The number of benzene rings is 2. The molecule has 0 spiro atoms. The third-order valence-corrected chi connectivity index (χ3v) is 6.72. The predicted octanol–water partition coefficient (Wildman–Crippen LogP) is 2.79. The number of hydrogen-bond donors (Lipinski definition) is 3. The van der Waals surface area contributed by atoms with Crippen molar-refractivity contribution >= 4 is 0 Å². The zero-order valence-corrected chi connectivity index (χ0v) is 20.4. The van der Waals surface area contributed by atoms with Gasteiger partial charge in [0.15, 0.2) is 0 Å². The standard InChI is InChI=1S/C29H32N4O3/c34-28-27(31-20-32-29(28)35)25(18-30-26-11-12-26)17-23-7-3-21(4-8-23)1-2-22-5-9-24(10-6-22)19-33-13-15-36-16-14-33/h3-10,20,25-26,30,34H,11-19H2,(H,31,32,35). The third-order valence-electron chi connectivity index (χ3n) is 6.72. The van der Waals surface area contributed by atoms with Gasteiger partial charge in [-0.1, -0.05) is 36.1 Å². The van der Waals surface area contributed by atoms with Crippen molar-refractivity contribution in [2.45, 2.75) is 37.8 Å². The summed E-state index contributed by atoms with van der Waals surface area (Å²) in [5.74, 6) is 6.12. The van der Waals surface area contributed by atoms with E-state index in [1.54, 1.807) is 0 Å². The average molecular weight is 485 g/mol. The fourth-order valence-corrected chi connectivity index (χ4v) is 4.43. The molecule has 3 aromatic rings. The Morgan fingerprint density at radius 2 is 1.67 bits per heavy atom. The highest BCUT2D eigenvalue weighted by molar-refractivity contribution is 5.44. The molecule has 2 fully saturated rings. The van der Waals surface area contributed by atoms with Crippen LogP contribution in [0, 0.1) is 11.8 Å². The molecule has 0 radical (unpaired) electrons. The van der Waals surface area contributed by atoms with E-state index in [0.29, 0.717) is 24.7 Å². The van der Waals surface area contributed by atoms with Gasteiger partial charge in [0.2, 0.25) is 5.75 Å². The fraction of sp³-hybridized carbons (Fsp3) is 0.379. The van der Waals surface area contributed by atoms with Crippen molar-refractivity contribution in [3.63, 3.8) is 0 Å². The second kappa shape index (κ2) is 11.5. The van der Waals surface area contributed by atoms with Gasteiger partial charge in [0.1, 0.15) is 0 Å². The van der Waals surface area contributed by atoms with Crippen molar-refractivity contribution in [1.82, 2.24) is 20.2 Å². The lowest BCUT2D eigenvalue weighted by Gasteiger charge is -2.26. The zero-order valence-electron chi connectivity index (χ0n) is 20.4. The van der Waals surface area contributed by atoms with Gasteiger partial charge in [-0.3, -0.25) is 9.69 Å². The van der Waals surface area contributed by atoms with Crippen molar-refractivity contribution in [1.29, 1.82) is 0 Å². The first-order chi connectivity index (χ1) is 17.6. The zero-order chi connectivity index (χ0) is 24.7.